The lowest BCUT2D eigenvalue weighted by Gasteiger charge is -2.14. The van der Waals surface area contributed by atoms with Crippen molar-refractivity contribution in [3.63, 3.8) is 0 Å². The maximum absolute atomic E-state index is 12.2. The molecule has 1 atom stereocenters. The molecule has 1 aliphatic rings. The van der Waals surface area contributed by atoms with Crippen LogP contribution in [0.4, 0.5) is 5.69 Å². The Bertz CT molecular complexity index is 547. The van der Waals surface area contributed by atoms with Crippen molar-refractivity contribution in [3.05, 3.63) is 23.2 Å². The van der Waals surface area contributed by atoms with Crippen molar-refractivity contribution in [1.29, 1.82) is 0 Å². The molecule has 100 valence electrons. The van der Waals surface area contributed by atoms with E-state index >= 15 is 0 Å². The lowest BCUT2D eigenvalue weighted by molar-refractivity contribution is 0.407. The molecule has 5 nitrogen and oxygen atoms in total. The molecule has 1 aromatic rings. The van der Waals surface area contributed by atoms with E-state index in [1.807, 2.05) is 7.05 Å². The zero-order valence-electron chi connectivity index (χ0n) is 10.1. The number of nitrogen functional groups attached to an aromatic ring is 1. The van der Waals surface area contributed by atoms with E-state index in [1.54, 1.807) is 0 Å². The molecular weight excluding hydrogens is 274 g/mol. The van der Waals surface area contributed by atoms with E-state index < -0.39 is 10.0 Å². The number of hydrogen-bond acceptors (Lipinski definition) is 4. The number of halogens is 1. The molecule has 1 unspecified atom stereocenters. The van der Waals surface area contributed by atoms with Gasteiger partial charge < -0.3 is 10.6 Å². The number of sulfonamides is 1. The summed E-state index contributed by atoms with van der Waals surface area (Å²) < 4.78 is 27.0. The number of nitrogens with one attached hydrogen (secondary N) is 1. The van der Waals surface area contributed by atoms with Crippen molar-refractivity contribution < 1.29 is 8.42 Å². The molecule has 0 spiro atoms. The number of likely N-dealkylation sites (tertiary alicyclic amines) is 1. The lowest BCUT2D eigenvalue weighted by atomic mass is 10.3. The lowest BCUT2D eigenvalue weighted by Crippen LogP contribution is -2.36. The number of benzene rings is 1. The van der Waals surface area contributed by atoms with E-state index in [0.29, 0.717) is 11.6 Å². The highest BCUT2D eigenvalue weighted by Gasteiger charge is 2.26. The third-order valence-electron chi connectivity index (χ3n) is 2.97. The molecule has 1 aromatic carbocycles. The van der Waals surface area contributed by atoms with Crippen LogP contribution in [0.3, 0.4) is 0 Å². The highest BCUT2D eigenvalue weighted by molar-refractivity contribution is 7.89. The van der Waals surface area contributed by atoms with Crippen molar-refractivity contribution in [2.24, 2.45) is 0 Å². The highest BCUT2D eigenvalue weighted by atomic mass is 35.5. The third kappa shape index (κ3) is 2.95. The Hall–Kier alpha value is -0.820. The van der Waals surface area contributed by atoms with Gasteiger partial charge in [0.25, 0.3) is 0 Å². The average molecular weight is 290 g/mol. The summed E-state index contributed by atoms with van der Waals surface area (Å²) >= 11 is 5.75. The number of nitrogens with two attached hydrogens (primary N) is 1. The Morgan fingerprint density at radius 3 is 2.78 bits per heavy atom. The second-order valence-electron chi connectivity index (χ2n) is 4.55. The summed E-state index contributed by atoms with van der Waals surface area (Å²) in [5.41, 5.74) is 5.86. The molecule has 0 radical (unpaired) electrons. The molecule has 1 aliphatic heterocycles. The number of anilines is 1. The normalized spacial score (nSPS) is 21.3. The van der Waals surface area contributed by atoms with E-state index in [4.69, 9.17) is 17.3 Å². The first kappa shape index (κ1) is 13.6. The summed E-state index contributed by atoms with van der Waals surface area (Å²) in [7, 11) is -1.61. The fraction of sp³-hybridized carbons (Fsp3) is 0.455. The van der Waals surface area contributed by atoms with Gasteiger partial charge in [-0.1, -0.05) is 11.6 Å². The van der Waals surface area contributed by atoms with Crippen molar-refractivity contribution in [1.82, 2.24) is 9.62 Å². The molecule has 0 saturated carbocycles. The van der Waals surface area contributed by atoms with Gasteiger partial charge in [0.1, 0.15) is 4.90 Å². The molecule has 1 saturated heterocycles. The van der Waals surface area contributed by atoms with Crippen LogP contribution in [-0.2, 0) is 10.0 Å². The summed E-state index contributed by atoms with van der Waals surface area (Å²) in [5.74, 6) is 0. The topological polar surface area (TPSA) is 75.4 Å². The molecule has 0 amide bonds. The second-order valence-corrected chi connectivity index (χ2v) is 6.67. The van der Waals surface area contributed by atoms with Crippen LogP contribution in [0.1, 0.15) is 6.42 Å². The maximum Gasteiger partial charge on any atom is 0.242 e. The molecule has 7 heteroatoms. The standard InChI is InChI=1S/C11H16ClN3O2S/c1-15-5-4-9(7-15)14-18(16,17)11-3-2-8(12)6-10(11)13/h2-3,6,9,14H,4-5,7,13H2,1H3. The van der Waals surface area contributed by atoms with E-state index in [0.717, 1.165) is 13.0 Å². The van der Waals surface area contributed by atoms with Gasteiger partial charge in [0.05, 0.1) is 5.69 Å². The van der Waals surface area contributed by atoms with Gasteiger partial charge in [-0.25, -0.2) is 13.1 Å². The molecule has 1 fully saturated rings. The first-order valence-corrected chi connectivity index (χ1v) is 7.50. The first-order chi connectivity index (χ1) is 8.38. The van der Waals surface area contributed by atoms with Crippen LogP contribution < -0.4 is 10.5 Å². The van der Waals surface area contributed by atoms with Gasteiger partial charge >= 0.3 is 0 Å². The number of rotatable bonds is 3. The highest BCUT2D eigenvalue weighted by Crippen LogP contribution is 2.23. The van der Waals surface area contributed by atoms with E-state index in [-0.39, 0.29) is 16.6 Å². The monoisotopic (exact) mass is 289 g/mol. The van der Waals surface area contributed by atoms with Crippen LogP contribution in [0.25, 0.3) is 0 Å². The molecule has 3 N–H and O–H groups in total. The van der Waals surface area contributed by atoms with Crippen LogP contribution >= 0.6 is 11.6 Å². The summed E-state index contributed by atoms with van der Waals surface area (Å²) in [6.45, 7) is 1.61. The Kier molecular flexibility index (Phi) is 3.82. The van der Waals surface area contributed by atoms with Gasteiger partial charge in [0.15, 0.2) is 0 Å². The minimum absolute atomic E-state index is 0.0601. The Balaban J connectivity index is 2.20. The zero-order chi connectivity index (χ0) is 13.3. The smallest absolute Gasteiger partial charge is 0.242 e. The van der Waals surface area contributed by atoms with Crippen LogP contribution in [0.15, 0.2) is 23.1 Å². The first-order valence-electron chi connectivity index (χ1n) is 5.64. The van der Waals surface area contributed by atoms with Crippen molar-refractivity contribution in [2.45, 2.75) is 17.4 Å². The molecule has 2 rings (SSSR count). The van der Waals surface area contributed by atoms with Crippen LogP contribution in [0.2, 0.25) is 5.02 Å². The largest absolute Gasteiger partial charge is 0.398 e. The molecule has 0 bridgehead atoms. The van der Waals surface area contributed by atoms with E-state index in [2.05, 4.69) is 9.62 Å². The molecule has 18 heavy (non-hydrogen) atoms. The second kappa shape index (κ2) is 5.05. The number of nitrogens with zero attached hydrogens (tertiary/aromatic N) is 1. The van der Waals surface area contributed by atoms with Crippen LogP contribution in [-0.4, -0.2) is 39.5 Å². The zero-order valence-corrected chi connectivity index (χ0v) is 11.6. The fourth-order valence-electron chi connectivity index (χ4n) is 2.08. The van der Waals surface area contributed by atoms with E-state index in [9.17, 15) is 8.42 Å². The summed E-state index contributed by atoms with van der Waals surface area (Å²) in [4.78, 5) is 2.17. The van der Waals surface area contributed by atoms with Crippen LogP contribution in [0, 0.1) is 0 Å². The summed E-state index contributed by atoms with van der Waals surface area (Å²) in [6.07, 6.45) is 0.809. The Labute approximate surface area is 112 Å². The van der Waals surface area contributed by atoms with Gasteiger partial charge in [-0.05, 0) is 38.2 Å². The SMILES string of the molecule is CN1CCC(NS(=O)(=O)c2ccc(Cl)cc2N)C1. The van der Waals surface area contributed by atoms with Gasteiger partial charge in [-0.15, -0.1) is 0 Å². The molecule has 0 aliphatic carbocycles. The number of likely N-dealkylation sites (N-methyl/N-ethyl adjacent to an activating group) is 1. The maximum atomic E-state index is 12.2. The quantitative estimate of drug-likeness (QED) is 0.811. The van der Waals surface area contributed by atoms with Crippen molar-refractivity contribution in [2.75, 3.05) is 25.9 Å². The summed E-state index contributed by atoms with van der Waals surface area (Å²) in [5, 5.41) is 0.423. The van der Waals surface area contributed by atoms with Gasteiger partial charge in [-0.3, -0.25) is 0 Å². The Morgan fingerprint density at radius 1 is 1.50 bits per heavy atom. The Morgan fingerprint density at radius 2 is 2.22 bits per heavy atom. The van der Waals surface area contributed by atoms with Gasteiger partial charge in [0.2, 0.25) is 10.0 Å². The molecule has 1 heterocycles. The van der Waals surface area contributed by atoms with Gasteiger partial charge in [-0.2, -0.15) is 0 Å². The van der Waals surface area contributed by atoms with Crippen molar-refractivity contribution in [3.8, 4) is 0 Å². The predicted octanol–water partition coefficient (Wildman–Crippen LogP) is 0.905. The summed E-state index contributed by atoms with van der Waals surface area (Å²) in [6, 6.07) is 4.33. The predicted molar refractivity (Wildman–Crippen MR) is 72.1 cm³/mol. The minimum atomic E-state index is -3.57. The van der Waals surface area contributed by atoms with Crippen molar-refractivity contribution >= 4 is 27.3 Å². The third-order valence-corrected chi connectivity index (χ3v) is 4.80. The molecule has 0 aromatic heterocycles. The molecular formula is C11H16ClN3O2S. The minimum Gasteiger partial charge on any atom is -0.398 e. The van der Waals surface area contributed by atoms with E-state index in [1.165, 1.54) is 18.2 Å². The average Bonchev–Trinajstić information content (AvgIpc) is 2.62. The number of hydrogen-bond donors (Lipinski definition) is 2. The fourth-order valence-corrected chi connectivity index (χ4v) is 3.63. The van der Waals surface area contributed by atoms with Crippen LogP contribution in [0.5, 0.6) is 0 Å². The van der Waals surface area contributed by atoms with Gasteiger partial charge in [0, 0.05) is 17.6 Å².